The average Bonchev–Trinajstić information content (AvgIpc) is 2.87. The van der Waals surface area contributed by atoms with Crippen molar-refractivity contribution in [1.29, 1.82) is 0 Å². The second kappa shape index (κ2) is 11.8. The number of aromatic hydroxyl groups is 4. The highest BCUT2D eigenvalue weighted by Crippen LogP contribution is 2.45. The zero-order valence-corrected chi connectivity index (χ0v) is 22.4. The molecule has 0 bridgehead atoms. The molecule has 3 aromatic rings. The summed E-state index contributed by atoms with van der Waals surface area (Å²) >= 11 is 0. The van der Waals surface area contributed by atoms with Gasteiger partial charge in [0.25, 0.3) is 0 Å². The number of rotatable bonds is 10. The normalized spacial score (nSPS) is 12.6. The zero-order chi connectivity index (χ0) is 28.1. The maximum absolute atomic E-state index is 11.2. The second-order valence-corrected chi connectivity index (χ2v) is 11.3. The Hall–Kier alpha value is -3.74. The van der Waals surface area contributed by atoms with Crippen molar-refractivity contribution in [2.75, 3.05) is 13.2 Å². The van der Waals surface area contributed by atoms with Gasteiger partial charge < -0.3 is 30.6 Å². The lowest BCUT2D eigenvalue weighted by atomic mass is 9.89. The van der Waals surface area contributed by atoms with Crippen LogP contribution in [0.3, 0.4) is 0 Å². The fourth-order valence-corrected chi connectivity index (χ4v) is 4.04. The van der Waals surface area contributed by atoms with Crippen LogP contribution in [0, 0.1) is 10.8 Å². The number of hydrogen-bond donors (Lipinski definition) is 6. The fraction of sp³-hybridized carbons (Fsp3) is 0.312. The molecule has 0 aromatic heterocycles. The highest BCUT2D eigenvalue weighted by molar-refractivity contribution is 5.91. The van der Waals surface area contributed by atoms with E-state index in [1.54, 1.807) is 36.4 Å². The summed E-state index contributed by atoms with van der Waals surface area (Å²) in [4.78, 5) is 0. The highest BCUT2D eigenvalue weighted by atomic mass is 16.3. The van der Waals surface area contributed by atoms with Crippen molar-refractivity contribution in [3.63, 3.8) is 0 Å². The molecule has 0 saturated heterocycles. The fourth-order valence-electron chi connectivity index (χ4n) is 4.04. The van der Waals surface area contributed by atoms with Crippen LogP contribution in [0.5, 0.6) is 23.0 Å². The Kier molecular flexibility index (Phi) is 8.92. The van der Waals surface area contributed by atoms with E-state index in [1.165, 1.54) is 24.3 Å². The molecule has 0 amide bonds. The van der Waals surface area contributed by atoms with Crippen LogP contribution in [0.4, 0.5) is 0 Å². The Morgan fingerprint density at radius 1 is 0.579 bits per heavy atom. The van der Waals surface area contributed by atoms with Crippen molar-refractivity contribution in [3.05, 3.63) is 71.8 Å². The van der Waals surface area contributed by atoms with Crippen molar-refractivity contribution in [3.8, 4) is 45.3 Å². The van der Waals surface area contributed by atoms with Crippen molar-refractivity contribution in [2.45, 2.75) is 40.5 Å². The van der Waals surface area contributed by atoms with Gasteiger partial charge in [0.15, 0.2) is 0 Å². The molecule has 0 spiro atoms. The smallest absolute Gasteiger partial charge is 0.130 e. The van der Waals surface area contributed by atoms with E-state index < -0.39 is 0 Å². The number of benzene rings is 3. The van der Waals surface area contributed by atoms with Crippen LogP contribution in [0.15, 0.2) is 60.7 Å². The minimum Gasteiger partial charge on any atom is -0.508 e. The Morgan fingerprint density at radius 3 is 1.29 bits per heavy atom. The number of phenolic OH excluding ortho intramolecular Hbond substituents is 4. The predicted molar refractivity (Wildman–Crippen MR) is 153 cm³/mol. The molecule has 0 unspecified atom stereocenters. The van der Waals surface area contributed by atoms with Crippen molar-refractivity contribution >= 4 is 12.2 Å². The van der Waals surface area contributed by atoms with E-state index in [2.05, 4.69) is 0 Å². The summed E-state index contributed by atoms with van der Waals surface area (Å²) in [7, 11) is 0. The van der Waals surface area contributed by atoms with Crippen LogP contribution in [0.1, 0.15) is 51.7 Å². The van der Waals surface area contributed by atoms with E-state index in [-0.39, 0.29) is 47.0 Å². The second-order valence-electron chi connectivity index (χ2n) is 11.3. The lowest BCUT2D eigenvalue weighted by Gasteiger charge is -2.19. The van der Waals surface area contributed by atoms with Gasteiger partial charge in [-0.15, -0.1) is 0 Å². The average molecular weight is 519 g/mol. The molecule has 0 radical (unpaired) electrons. The highest BCUT2D eigenvalue weighted by Gasteiger charge is 2.19. The Morgan fingerprint density at radius 2 is 0.947 bits per heavy atom. The van der Waals surface area contributed by atoms with Gasteiger partial charge in [0.1, 0.15) is 23.0 Å². The van der Waals surface area contributed by atoms with Gasteiger partial charge in [0.2, 0.25) is 0 Å². The first-order valence-electron chi connectivity index (χ1n) is 12.6. The van der Waals surface area contributed by atoms with Gasteiger partial charge in [0, 0.05) is 35.5 Å². The molecule has 6 heteroatoms. The molecular formula is C32H38O6. The minimum atomic E-state index is -0.314. The van der Waals surface area contributed by atoms with Gasteiger partial charge >= 0.3 is 0 Å². The van der Waals surface area contributed by atoms with Crippen LogP contribution in [-0.2, 0) is 0 Å². The van der Waals surface area contributed by atoms with Crippen LogP contribution in [0.25, 0.3) is 34.4 Å². The maximum atomic E-state index is 11.2. The molecular weight excluding hydrogens is 480 g/mol. The van der Waals surface area contributed by atoms with Gasteiger partial charge in [-0.25, -0.2) is 0 Å². The molecule has 38 heavy (non-hydrogen) atoms. The van der Waals surface area contributed by atoms with Crippen LogP contribution < -0.4 is 0 Å². The molecule has 0 aliphatic carbocycles. The summed E-state index contributed by atoms with van der Waals surface area (Å²) in [6.07, 6.45) is 8.26. The molecule has 0 atom stereocenters. The van der Waals surface area contributed by atoms with E-state index >= 15 is 0 Å². The predicted octanol–water partition coefficient (Wildman–Crippen LogP) is 6.69. The van der Waals surface area contributed by atoms with Crippen LogP contribution >= 0.6 is 0 Å². The van der Waals surface area contributed by atoms with E-state index in [4.69, 9.17) is 0 Å². The van der Waals surface area contributed by atoms with E-state index in [9.17, 15) is 30.6 Å². The molecule has 0 aliphatic rings. The monoisotopic (exact) mass is 518 g/mol. The molecule has 0 heterocycles. The van der Waals surface area contributed by atoms with Gasteiger partial charge in [-0.3, -0.25) is 0 Å². The number of phenols is 4. The van der Waals surface area contributed by atoms with Crippen LogP contribution in [-0.4, -0.2) is 43.9 Å². The molecule has 6 N–H and O–H groups in total. The van der Waals surface area contributed by atoms with E-state index in [1.807, 2.05) is 39.8 Å². The summed E-state index contributed by atoms with van der Waals surface area (Å²) in [6, 6.07) is 13.0. The summed E-state index contributed by atoms with van der Waals surface area (Å²) < 4.78 is 0. The van der Waals surface area contributed by atoms with E-state index in [0.717, 1.165) is 0 Å². The van der Waals surface area contributed by atoms with Gasteiger partial charge in [-0.05, 0) is 59.1 Å². The van der Waals surface area contributed by atoms with Crippen LogP contribution in [0.2, 0.25) is 0 Å². The SMILES string of the molecule is CC(C)(CO)CC=Cc1cc(O)cc(-c2ccccc2-c2cc(O)cc(C=CCC(C)(C)CO)c2O)c1O. The first kappa shape index (κ1) is 28.8. The van der Waals surface area contributed by atoms with Crippen molar-refractivity contribution in [2.24, 2.45) is 10.8 Å². The lowest BCUT2D eigenvalue weighted by Crippen LogP contribution is -2.14. The minimum absolute atomic E-state index is 0.0196. The summed E-state index contributed by atoms with van der Waals surface area (Å²) in [5.41, 5.74) is 2.05. The van der Waals surface area contributed by atoms with Crippen molar-refractivity contribution in [1.82, 2.24) is 0 Å². The van der Waals surface area contributed by atoms with Crippen molar-refractivity contribution < 1.29 is 30.6 Å². The molecule has 3 rings (SSSR count). The largest absolute Gasteiger partial charge is 0.508 e. The quantitative estimate of drug-likeness (QED) is 0.166. The topological polar surface area (TPSA) is 121 Å². The Labute approximate surface area is 224 Å². The summed E-state index contributed by atoms with van der Waals surface area (Å²) in [5.74, 6) is -0.161. The van der Waals surface area contributed by atoms with Gasteiger partial charge in [-0.2, -0.15) is 0 Å². The standard InChI is InChI=1S/C32H38O6/c1-31(2,19-33)13-7-9-21-15-23(35)17-27(29(21)37)25-11-5-6-12-26(25)28-18-24(36)16-22(30(28)38)10-8-14-32(3,4)20-34/h5-12,15-18,33-38H,13-14,19-20H2,1-4H3. The summed E-state index contributed by atoms with van der Waals surface area (Å²) in [5, 5.41) is 62.3. The first-order valence-corrected chi connectivity index (χ1v) is 12.6. The molecule has 0 aliphatic heterocycles. The number of allylic oxidation sites excluding steroid dienone is 2. The molecule has 3 aromatic carbocycles. The maximum Gasteiger partial charge on any atom is 0.130 e. The molecule has 0 saturated carbocycles. The first-order chi connectivity index (χ1) is 17.9. The number of aliphatic hydroxyl groups excluding tert-OH is 2. The molecule has 6 nitrogen and oxygen atoms in total. The molecule has 202 valence electrons. The third kappa shape index (κ3) is 6.97. The van der Waals surface area contributed by atoms with E-state index in [0.29, 0.717) is 46.2 Å². The number of hydrogen-bond acceptors (Lipinski definition) is 6. The Balaban J connectivity index is 2.09. The van der Waals surface area contributed by atoms with Gasteiger partial charge in [-0.1, -0.05) is 76.3 Å². The molecule has 0 fully saturated rings. The zero-order valence-electron chi connectivity index (χ0n) is 22.4. The third-order valence-corrected chi connectivity index (χ3v) is 6.55. The van der Waals surface area contributed by atoms with Gasteiger partial charge in [0.05, 0.1) is 0 Å². The lowest BCUT2D eigenvalue weighted by molar-refractivity contribution is 0.162. The number of aliphatic hydroxyl groups is 2. The summed E-state index contributed by atoms with van der Waals surface area (Å²) in [6.45, 7) is 7.76. The Bertz CT molecular complexity index is 1230. The third-order valence-electron chi connectivity index (χ3n) is 6.55.